The number of nitrogens with one attached hydrogen (secondary N) is 2. The van der Waals surface area contributed by atoms with Crippen molar-refractivity contribution in [2.75, 3.05) is 5.32 Å². The molecule has 0 aliphatic carbocycles. The molecular formula is C18H20N4O4. The van der Waals surface area contributed by atoms with Crippen molar-refractivity contribution >= 4 is 17.7 Å². The summed E-state index contributed by atoms with van der Waals surface area (Å²) in [7, 11) is 0. The van der Waals surface area contributed by atoms with Gasteiger partial charge in [0, 0.05) is 6.42 Å². The van der Waals surface area contributed by atoms with E-state index in [1.54, 1.807) is 36.4 Å². The van der Waals surface area contributed by atoms with Crippen LogP contribution in [0, 0.1) is 0 Å². The second kappa shape index (κ2) is 9.16. The molecule has 1 atom stereocenters. The normalized spacial score (nSPS) is 11.4. The number of benzene rings is 1. The Balaban J connectivity index is 2.25. The number of amides is 2. The van der Waals surface area contributed by atoms with Gasteiger partial charge in [0.15, 0.2) is 0 Å². The van der Waals surface area contributed by atoms with Gasteiger partial charge in [-0.15, -0.1) is 23.4 Å². The monoisotopic (exact) mass is 356 g/mol. The number of rotatable bonds is 9. The third kappa shape index (κ3) is 5.04. The molecule has 2 aromatic rings. The summed E-state index contributed by atoms with van der Waals surface area (Å²) in [6.07, 6.45) is 3.21. The van der Waals surface area contributed by atoms with Crippen molar-refractivity contribution in [3.8, 4) is 11.5 Å². The van der Waals surface area contributed by atoms with Gasteiger partial charge in [0.25, 0.3) is 0 Å². The summed E-state index contributed by atoms with van der Waals surface area (Å²) < 4.78 is 5.63. The maximum atomic E-state index is 12.0. The van der Waals surface area contributed by atoms with Crippen LogP contribution in [0.25, 0.3) is 11.5 Å². The molecule has 0 aliphatic rings. The summed E-state index contributed by atoms with van der Waals surface area (Å²) in [5.41, 5.74) is 1.08. The minimum absolute atomic E-state index is 0.120. The van der Waals surface area contributed by atoms with Gasteiger partial charge in [-0.1, -0.05) is 24.3 Å². The van der Waals surface area contributed by atoms with Crippen molar-refractivity contribution < 1.29 is 19.1 Å². The zero-order valence-electron chi connectivity index (χ0n) is 14.1. The molecule has 0 saturated carbocycles. The summed E-state index contributed by atoms with van der Waals surface area (Å²) in [4.78, 5) is 22.9. The molecule has 0 fully saturated rings. The summed E-state index contributed by atoms with van der Waals surface area (Å²) in [5.74, 6) is 0.144. The standard InChI is InChI=1S/C18H20N4O4/c1-3-5-11-15(23)19-13-10-7-6-9-12(13)16-21-22-17(26-16)14(8-4-2)20-18(24)25/h3-4,6-7,9-10,14,20H,1-2,5,8,11H2,(H,19,23)(H,24,25). The molecule has 8 heteroatoms. The second-order valence-corrected chi connectivity index (χ2v) is 5.39. The van der Waals surface area contributed by atoms with E-state index < -0.39 is 12.1 Å². The maximum absolute atomic E-state index is 12.0. The van der Waals surface area contributed by atoms with Crippen LogP contribution >= 0.6 is 0 Å². The number of carbonyl (C=O) groups excluding carboxylic acids is 1. The number of para-hydroxylation sites is 1. The van der Waals surface area contributed by atoms with Gasteiger partial charge in [-0.25, -0.2) is 4.79 Å². The summed E-state index contributed by atoms with van der Waals surface area (Å²) in [6, 6.07) is 6.31. The van der Waals surface area contributed by atoms with Gasteiger partial charge in [-0.3, -0.25) is 4.79 Å². The van der Waals surface area contributed by atoms with Crippen LogP contribution in [0.2, 0.25) is 0 Å². The van der Waals surface area contributed by atoms with E-state index in [1.807, 2.05) is 0 Å². The molecule has 1 aromatic heterocycles. The fraction of sp³-hybridized carbons (Fsp3) is 0.222. The lowest BCUT2D eigenvalue weighted by atomic mass is 10.1. The first-order valence-electron chi connectivity index (χ1n) is 7.99. The SMILES string of the molecule is C=CCCC(=O)Nc1ccccc1-c1nnc(C(CC=C)NC(=O)O)o1. The van der Waals surface area contributed by atoms with E-state index >= 15 is 0 Å². The Hall–Kier alpha value is -3.42. The Morgan fingerprint density at radius 2 is 2.00 bits per heavy atom. The van der Waals surface area contributed by atoms with Gasteiger partial charge in [-0.05, 0) is 25.0 Å². The zero-order valence-corrected chi connectivity index (χ0v) is 14.1. The predicted molar refractivity (Wildman–Crippen MR) is 96.5 cm³/mol. The molecule has 0 aliphatic heterocycles. The highest BCUT2D eigenvalue weighted by molar-refractivity contribution is 5.94. The van der Waals surface area contributed by atoms with Gasteiger partial charge < -0.3 is 20.2 Å². The first kappa shape index (κ1) is 18.9. The lowest BCUT2D eigenvalue weighted by Gasteiger charge is -2.10. The molecule has 1 heterocycles. The van der Waals surface area contributed by atoms with Crippen molar-refractivity contribution in [1.82, 2.24) is 15.5 Å². The topological polar surface area (TPSA) is 117 Å². The van der Waals surface area contributed by atoms with Gasteiger partial charge >= 0.3 is 6.09 Å². The molecule has 2 rings (SSSR count). The predicted octanol–water partition coefficient (Wildman–Crippen LogP) is 3.53. The van der Waals surface area contributed by atoms with Crippen molar-refractivity contribution in [3.63, 3.8) is 0 Å². The Bertz CT molecular complexity index is 800. The highest BCUT2D eigenvalue weighted by atomic mass is 16.4. The number of aromatic nitrogens is 2. The van der Waals surface area contributed by atoms with Crippen molar-refractivity contribution in [1.29, 1.82) is 0 Å². The number of carboxylic acid groups (broad SMARTS) is 1. The van der Waals surface area contributed by atoms with Crippen LogP contribution in [-0.4, -0.2) is 27.3 Å². The van der Waals surface area contributed by atoms with Crippen LogP contribution in [0.15, 0.2) is 54.0 Å². The molecule has 26 heavy (non-hydrogen) atoms. The molecule has 1 unspecified atom stereocenters. The van der Waals surface area contributed by atoms with Gasteiger partial charge in [0.05, 0.1) is 11.3 Å². The van der Waals surface area contributed by atoms with Crippen LogP contribution in [0.5, 0.6) is 0 Å². The minimum Gasteiger partial charge on any atom is -0.465 e. The number of hydrogen-bond donors (Lipinski definition) is 3. The fourth-order valence-electron chi connectivity index (χ4n) is 2.25. The molecule has 0 saturated heterocycles. The Labute approximate surface area is 150 Å². The van der Waals surface area contributed by atoms with E-state index in [0.717, 1.165) is 0 Å². The van der Waals surface area contributed by atoms with Crippen LogP contribution in [0.3, 0.4) is 0 Å². The molecule has 0 radical (unpaired) electrons. The Kier molecular flexibility index (Phi) is 6.67. The maximum Gasteiger partial charge on any atom is 0.405 e. The number of anilines is 1. The van der Waals surface area contributed by atoms with Gasteiger partial charge in [0.2, 0.25) is 17.7 Å². The van der Waals surface area contributed by atoms with E-state index in [4.69, 9.17) is 9.52 Å². The second-order valence-electron chi connectivity index (χ2n) is 5.39. The molecule has 0 spiro atoms. The zero-order chi connectivity index (χ0) is 18.9. The number of hydrogen-bond acceptors (Lipinski definition) is 5. The summed E-state index contributed by atoms with van der Waals surface area (Å²) in [5, 5.41) is 21.9. The van der Waals surface area contributed by atoms with Crippen LogP contribution in [0.4, 0.5) is 10.5 Å². The lowest BCUT2D eigenvalue weighted by Crippen LogP contribution is -2.26. The van der Waals surface area contributed by atoms with E-state index in [-0.39, 0.29) is 17.7 Å². The summed E-state index contributed by atoms with van der Waals surface area (Å²) in [6.45, 7) is 7.18. The molecule has 2 amide bonds. The summed E-state index contributed by atoms with van der Waals surface area (Å²) >= 11 is 0. The average molecular weight is 356 g/mol. The molecule has 3 N–H and O–H groups in total. The Morgan fingerprint density at radius 1 is 1.23 bits per heavy atom. The number of allylic oxidation sites excluding steroid dienone is 1. The molecule has 0 bridgehead atoms. The van der Waals surface area contributed by atoms with E-state index in [0.29, 0.717) is 30.5 Å². The van der Waals surface area contributed by atoms with Crippen LogP contribution in [0.1, 0.15) is 31.2 Å². The van der Waals surface area contributed by atoms with E-state index in [2.05, 4.69) is 34.0 Å². The van der Waals surface area contributed by atoms with Crippen molar-refractivity contribution in [2.24, 2.45) is 0 Å². The highest BCUT2D eigenvalue weighted by Crippen LogP contribution is 2.28. The lowest BCUT2D eigenvalue weighted by molar-refractivity contribution is -0.116. The van der Waals surface area contributed by atoms with Crippen LogP contribution < -0.4 is 10.6 Å². The average Bonchev–Trinajstić information content (AvgIpc) is 3.09. The van der Waals surface area contributed by atoms with Crippen LogP contribution in [-0.2, 0) is 4.79 Å². The molecule has 1 aromatic carbocycles. The van der Waals surface area contributed by atoms with Gasteiger partial charge in [-0.2, -0.15) is 0 Å². The van der Waals surface area contributed by atoms with Crippen molar-refractivity contribution in [2.45, 2.75) is 25.3 Å². The smallest absolute Gasteiger partial charge is 0.405 e. The molecule has 136 valence electrons. The van der Waals surface area contributed by atoms with Gasteiger partial charge in [0.1, 0.15) is 6.04 Å². The molecular weight excluding hydrogens is 336 g/mol. The number of nitrogens with zero attached hydrogens (tertiary/aromatic N) is 2. The van der Waals surface area contributed by atoms with Crippen molar-refractivity contribution in [3.05, 3.63) is 55.5 Å². The largest absolute Gasteiger partial charge is 0.465 e. The third-order valence-corrected chi connectivity index (χ3v) is 3.45. The first-order chi connectivity index (χ1) is 12.5. The third-order valence-electron chi connectivity index (χ3n) is 3.45. The quantitative estimate of drug-likeness (QED) is 0.592. The van der Waals surface area contributed by atoms with E-state index in [1.165, 1.54) is 0 Å². The number of carbonyl (C=O) groups is 2. The molecule has 8 nitrogen and oxygen atoms in total. The Morgan fingerprint density at radius 3 is 2.69 bits per heavy atom. The van der Waals surface area contributed by atoms with E-state index in [9.17, 15) is 9.59 Å². The first-order valence-corrected chi connectivity index (χ1v) is 7.99. The highest BCUT2D eigenvalue weighted by Gasteiger charge is 2.21. The minimum atomic E-state index is -1.20. The fourth-order valence-corrected chi connectivity index (χ4v) is 2.25.